The van der Waals surface area contributed by atoms with Gasteiger partial charge in [-0.05, 0) is 65.6 Å². The summed E-state index contributed by atoms with van der Waals surface area (Å²) in [6.45, 7) is 17.4. The number of benzene rings is 2. The first-order chi connectivity index (χ1) is 19.3. The molecule has 3 heterocycles. The SMILES string of the molecule is Cc1ccc2c(C3CCCC3)cc(-c3c4scc(-c5nc(C(C)(C)C)nc(C(C)(C)C)n5)c4nc[n+]3C)c(C)c2c1. The summed E-state index contributed by atoms with van der Waals surface area (Å²) in [5.74, 6) is 2.97. The summed E-state index contributed by atoms with van der Waals surface area (Å²) in [6, 6.07) is 9.48. The van der Waals surface area contributed by atoms with E-state index in [0.29, 0.717) is 11.7 Å². The van der Waals surface area contributed by atoms with Crippen LogP contribution in [-0.4, -0.2) is 19.9 Å². The van der Waals surface area contributed by atoms with Gasteiger partial charge >= 0.3 is 0 Å². The van der Waals surface area contributed by atoms with Crippen molar-refractivity contribution < 1.29 is 4.57 Å². The van der Waals surface area contributed by atoms with Gasteiger partial charge in [-0.1, -0.05) is 78.1 Å². The minimum Gasteiger partial charge on any atom is -0.231 e. The van der Waals surface area contributed by atoms with Crippen molar-refractivity contribution in [3.8, 4) is 22.6 Å². The highest BCUT2D eigenvalue weighted by Crippen LogP contribution is 2.44. The Bertz CT molecular complexity index is 1760. The number of nitrogens with zero attached hydrogens (tertiary/aromatic N) is 5. The normalized spacial score (nSPS) is 15.0. The van der Waals surface area contributed by atoms with E-state index in [1.54, 1.807) is 11.3 Å². The van der Waals surface area contributed by atoms with Gasteiger partial charge in [-0.2, -0.15) is 0 Å². The van der Waals surface area contributed by atoms with Crippen LogP contribution >= 0.6 is 11.3 Å². The van der Waals surface area contributed by atoms with E-state index < -0.39 is 0 Å². The molecule has 0 unspecified atom stereocenters. The molecule has 0 saturated heterocycles. The molecule has 1 saturated carbocycles. The molecule has 6 rings (SSSR count). The predicted octanol–water partition coefficient (Wildman–Crippen LogP) is 8.66. The second kappa shape index (κ2) is 9.94. The summed E-state index contributed by atoms with van der Waals surface area (Å²) in [6.07, 6.45) is 7.15. The van der Waals surface area contributed by atoms with Gasteiger partial charge in [0, 0.05) is 21.8 Å². The highest BCUT2D eigenvalue weighted by atomic mass is 32.1. The molecule has 3 aromatic heterocycles. The Kier molecular flexibility index (Phi) is 6.76. The number of hydrogen-bond acceptors (Lipinski definition) is 5. The fourth-order valence-corrected chi connectivity index (χ4v) is 7.27. The standard InChI is InChI=1S/C35H42N5S/c1-20-14-15-23-24(16-20)21(2)25(17-26(23)22-12-10-11-13-22)29-30-28(36-19-40(29)9)27(18-41-30)31-37-32(34(3,4)5)39-33(38-31)35(6,7)8/h14-19,22H,10-13H2,1-9H3/q+1. The molecule has 0 spiro atoms. The van der Waals surface area contributed by atoms with E-state index in [1.807, 2.05) is 6.33 Å². The van der Waals surface area contributed by atoms with E-state index >= 15 is 0 Å². The van der Waals surface area contributed by atoms with Gasteiger partial charge in [0.1, 0.15) is 16.3 Å². The number of thiophene rings is 1. The zero-order valence-corrected chi connectivity index (χ0v) is 26.8. The quantitative estimate of drug-likeness (QED) is 0.206. The molecule has 1 fully saturated rings. The Labute approximate surface area is 248 Å². The van der Waals surface area contributed by atoms with E-state index in [4.69, 9.17) is 19.9 Å². The van der Waals surface area contributed by atoms with Gasteiger partial charge in [-0.25, -0.2) is 19.5 Å². The van der Waals surface area contributed by atoms with Crippen LogP contribution in [0.3, 0.4) is 0 Å². The molecule has 0 bridgehead atoms. The van der Waals surface area contributed by atoms with Gasteiger partial charge in [0.15, 0.2) is 11.5 Å². The van der Waals surface area contributed by atoms with Gasteiger partial charge in [0.05, 0.1) is 12.6 Å². The van der Waals surface area contributed by atoms with Crippen LogP contribution in [0.2, 0.25) is 0 Å². The number of fused-ring (bicyclic) bond motifs is 2. The maximum Gasteiger partial charge on any atom is 0.287 e. The molecule has 41 heavy (non-hydrogen) atoms. The van der Waals surface area contributed by atoms with E-state index in [-0.39, 0.29) is 10.8 Å². The average molecular weight is 565 g/mol. The lowest BCUT2D eigenvalue weighted by atomic mass is 9.86. The van der Waals surface area contributed by atoms with Crippen LogP contribution in [0.15, 0.2) is 36.0 Å². The zero-order valence-electron chi connectivity index (χ0n) is 26.0. The highest BCUT2D eigenvalue weighted by Gasteiger charge is 2.30. The maximum atomic E-state index is 5.01. The van der Waals surface area contributed by atoms with Gasteiger partial charge < -0.3 is 0 Å². The second-order valence-electron chi connectivity index (χ2n) is 14.0. The van der Waals surface area contributed by atoms with Crippen LogP contribution in [-0.2, 0) is 17.9 Å². The Morgan fingerprint density at radius 1 is 0.829 bits per heavy atom. The Morgan fingerprint density at radius 3 is 2.12 bits per heavy atom. The molecule has 0 aliphatic heterocycles. The van der Waals surface area contributed by atoms with Crippen molar-refractivity contribution in [2.75, 3.05) is 0 Å². The molecule has 2 aromatic carbocycles. The second-order valence-corrected chi connectivity index (χ2v) is 14.9. The molecule has 1 aliphatic carbocycles. The molecule has 0 atom stereocenters. The summed E-state index contributed by atoms with van der Waals surface area (Å²) in [5.41, 5.74) is 8.21. The van der Waals surface area contributed by atoms with Gasteiger partial charge in [-0.15, -0.1) is 11.3 Å². The van der Waals surface area contributed by atoms with Crippen molar-refractivity contribution in [3.05, 3.63) is 64.3 Å². The highest BCUT2D eigenvalue weighted by molar-refractivity contribution is 7.18. The first kappa shape index (κ1) is 27.9. The van der Waals surface area contributed by atoms with Gasteiger partial charge in [0.25, 0.3) is 6.33 Å². The van der Waals surface area contributed by atoms with Crippen molar-refractivity contribution in [1.29, 1.82) is 0 Å². The van der Waals surface area contributed by atoms with Crippen molar-refractivity contribution in [3.63, 3.8) is 0 Å². The lowest BCUT2D eigenvalue weighted by Crippen LogP contribution is -2.31. The zero-order chi connectivity index (χ0) is 29.3. The summed E-state index contributed by atoms with van der Waals surface area (Å²) >= 11 is 1.74. The smallest absolute Gasteiger partial charge is 0.231 e. The summed E-state index contributed by atoms with van der Waals surface area (Å²) in [7, 11) is 2.12. The number of aryl methyl sites for hydroxylation is 3. The fraction of sp³-hybridized carbons (Fsp3) is 0.457. The van der Waals surface area contributed by atoms with Crippen LogP contribution in [0.25, 0.3) is 43.6 Å². The fourth-order valence-electron chi connectivity index (χ4n) is 6.18. The van der Waals surface area contributed by atoms with Gasteiger partial charge in [-0.3, -0.25) is 0 Å². The molecule has 1 aliphatic rings. The largest absolute Gasteiger partial charge is 0.287 e. The number of hydrogen-bond donors (Lipinski definition) is 0. The Morgan fingerprint density at radius 2 is 1.49 bits per heavy atom. The lowest BCUT2D eigenvalue weighted by molar-refractivity contribution is -0.662. The third-order valence-corrected chi connectivity index (χ3v) is 9.53. The molecular weight excluding hydrogens is 522 g/mol. The molecule has 0 N–H and O–H groups in total. The van der Waals surface area contributed by atoms with Crippen molar-refractivity contribution in [2.24, 2.45) is 7.05 Å². The van der Waals surface area contributed by atoms with E-state index in [1.165, 1.54) is 69.1 Å². The predicted molar refractivity (Wildman–Crippen MR) is 171 cm³/mol. The van der Waals surface area contributed by atoms with E-state index in [9.17, 15) is 0 Å². The molecule has 0 radical (unpaired) electrons. The molecule has 6 heteroatoms. The maximum absolute atomic E-state index is 5.01. The van der Waals surface area contributed by atoms with Crippen molar-refractivity contribution in [2.45, 2.75) is 97.8 Å². The monoisotopic (exact) mass is 564 g/mol. The van der Waals surface area contributed by atoms with Crippen LogP contribution in [0.1, 0.15) is 101 Å². The van der Waals surface area contributed by atoms with E-state index in [2.05, 4.69) is 96.7 Å². The Hall–Kier alpha value is -3.25. The number of rotatable bonds is 3. The minimum absolute atomic E-state index is 0.189. The van der Waals surface area contributed by atoms with E-state index in [0.717, 1.165) is 22.7 Å². The lowest BCUT2D eigenvalue weighted by Gasteiger charge is -2.22. The molecule has 5 aromatic rings. The first-order valence-corrected chi connectivity index (χ1v) is 15.8. The van der Waals surface area contributed by atoms with Crippen LogP contribution in [0.5, 0.6) is 0 Å². The molecule has 5 nitrogen and oxygen atoms in total. The molecule has 0 amide bonds. The first-order valence-electron chi connectivity index (χ1n) is 14.9. The third-order valence-electron chi connectivity index (χ3n) is 8.55. The van der Waals surface area contributed by atoms with Crippen LogP contribution < -0.4 is 4.57 Å². The van der Waals surface area contributed by atoms with Crippen molar-refractivity contribution >= 4 is 32.3 Å². The van der Waals surface area contributed by atoms with Gasteiger partial charge in [0.2, 0.25) is 5.52 Å². The Balaban J connectivity index is 1.61. The summed E-state index contributed by atoms with van der Waals surface area (Å²) < 4.78 is 3.37. The number of aromatic nitrogens is 5. The molecular formula is C35H42N5S+. The average Bonchev–Trinajstić information content (AvgIpc) is 3.59. The minimum atomic E-state index is -0.189. The van der Waals surface area contributed by atoms with Crippen LogP contribution in [0, 0.1) is 13.8 Å². The topological polar surface area (TPSA) is 55.4 Å². The summed E-state index contributed by atoms with van der Waals surface area (Å²) in [5, 5.41) is 4.97. The molecule has 212 valence electrons. The van der Waals surface area contributed by atoms with Crippen LogP contribution in [0.4, 0.5) is 0 Å². The summed E-state index contributed by atoms with van der Waals surface area (Å²) in [4.78, 5) is 19.9. The third kappa shape index (κ3) is 4.94. The van der Waals surface area contributed by atoms with Crippen molar-refractivity contribution in [1.82, 2.24) is 19.9 Å².